The van der Waals surface area contributed by atoms with Gasteiger partial charge >= 0.3 is 0 Å². The molecule has 0 radical (unpaired) electrons. The molecule has 0 amide bonds. The highest BCUT2D eigenvalue weighted by atomic mass is 127. The first-order valence-electron chi connectivity index (χ1n) is 8.61. The van der Waals surface area contributed by atoms with Gasteiger partial charge in [-0.15, -0.1) is 0 Å². The number of benzene rings is 3. The fourth-order valence-corrected chi connectivity index (χ4v) is 6.40. The molecule has 0 saturated carbocycles. The number of halogens is 4. The van der Waals surface area contributed by atoms with Gasteiger partial charge in [0.15, 0.2) is 0 Å². The van der Waals surface area contributed by atoms with E-state index in [1.165, 1.54) is 32.6 Å². The summed E-state index contributed by atoms with van der Waals surface area (Å²) in [4.78, 5) is 0. The van der Waals surface area contributed by atoms with E-state index in [1.807, 2.05) is 0 Å². The molecule has 1 atom stereocenters. The first-order valence-corrected chi connectivity index (χ1v) is 13.1. The van der Waals surface area contributed by atoms with Crippen LogP contribution >= 0.6 is 90.4 Å². The van der Waals surface area contributed by atoms with Crippen molar-refractivity contribution in [3.63, 3.8) is 0 Å². The Labute approximate surface area is 219 Å². The summed E-state index contributed by atoms with van der Waals surface area (Å²) < 4.78 is 15.9. The van der Waals surface area contributed by atoms with Crippen molar-refractivity contribution in [3.05, 3.63) is 75.6 Å². The number of fused-ring (bicyclic) bond motifs is 2. The molecule has 0 aliphatic heterocycles. The zero-order valence-corrected chi connectivity index (χ0v) is 23.8. The quantitative estimate of drug-likeness (QED) is 0.198. The van der Waals surface area contributed by atoms with Crippen molar-refractivity contribution in [1.82, 2.24) is 0 Å². The van der Waals surface area contributed by atoms with Gasteiger partial charge in [-0.3, -0.25) is 0 Å². The maximum atomic E-state index is 5.93. The van der Waals surface area contributed by atoms with Crippen LogP contribution in [0.4, 0.5) is 0 Å². The molecule has 4 rings (SSSR count). The second-order valence-electron chi connectivity index (χ2n) is 6.53. The Morgan fingerprint density at radius 2 is 1.57 bits per heavy atom. The summed E-state index contributed by atoms with van der Waals surface area (Å²) in [6.45, 7) is 0. The van der Waals surface area contributed by atoms with Crippen LogP contribution in [0.3, 0.4) is 0 Å². The van der Waals surface area contributed by atoms with Gasteiger partial charge in [-0.2, -0.15) is 0 Å². The summed E-state index contributed by atoms with van der Waals surface area (Å²) in [6, 6.07) is 15.4. The fraction of sp³-hybridized carbons (Fsp3) is 0.182. The standard InChI is InChI=1S/C22H16I4O2/c1-27-19-9-17(25)15-7-11(23)3-5-13(15)21(19)22-14-6-4-12(24)8-16(14)18(26)10-20(22)28-2/h3-9,18H,10H2,1-2H3/t18-/m1/s1. The Kier molecular flexibility index (Phi) is 6.68. The Balaban J connectivity index is 2.13. The molecule has 0 fully saturated rings. The lowest BCUT2D eigenvalue weighted by molar-refractivity contribution is 0.278. The average Bonchev–Trinajstić information content (AvgIpc) is 2.69. The number of alkyl halides is 1. The molecule has 0 saturated heterocycles. The van der Waals surface area contributed by atoms with Crippen molar-refractivity contribution in [2.24, 2.45) is 0 Å². The average molecular weight is 820 g/mol. The first-order chi connectivity index (χ1) is 13.4. The summed E-state index contributed by atoms with van der Waals surface area (Å²) in [5.41, 5.74) is 4.88. The predicted octanol–water partition coefficient (Wildman–Crippen LogP) is 7.95. The van der Waals surface area contributed by atoms with Gasteiger partial charge in [0.05, 0.1) is 14.2 Å². The van der Waals surface area contributed by atoms with Gasteiger partial charge in [0.25, 0.3) is 0 Å². The molecule has 0 spiro atoms. The van der Waals surface area contributed by atoms with Crippen molar-refractivity contribution in [2.75, 3.05) is 14.2 Å². The second-order valence-corrected chi connectivity index (χ2v) is 11.7. The Morgan fingerprint density at radius 1 is 0.857 bits per heavy atom. The minimum Gasteiger partial charge on any atom is -0.500 e. The zero-order valence-electron chi connectivity index (χ0n) is 15.2. The maximum absolute atomic E-state index is 5.93. The van der Waals surface area contributed by atoms with E-state index in [-0.39, 0.29) is 0 Å². The van der Waals surface area contributed by atoms with Crippen LogP contribution in [-0.4, -0.2) is 14.2 Å². The lowest BCUT2D eigenvalue weighted by atomic mass is 9.83. The molecule has 28 heavy (non-hydrogen) atoms. The van der Waals surface area contributed by atoms with Crippen molar-refractivity contribution in [1.29, 1.82) is 0 Å². The van der Waals surface area contributed by atoms with Gasteiger partial charge in [-0.1, -0.05) is 34.7 Å². The van der Waals surface area contributed by atoms with Crippen LogP contribution in [0.2, 0.25) is 0 Å². The topological polar surface area (TPSA) is 18.5 Å². The third kappa shape index (κ3) is 3.79. The van der Waals surface area contributed by atoms with Gasteiger partial charge in [-0.25, -0.2) is 0 Å². The van der Waals surface area contributed by atoms with E-state index < -0.39 is 0 Å². The third-order valence-corrected chi connectivity index (χ3v) is 8.34. The molecular weight excluding hydrogens is 804 g/mol. The van der Waals surface area contributed by atoms with Crippen LogP contribution in [-0.2, 0) is 4.74 Å². The molecule has 0 aromatic heterocycles. The molecular formula is C22H16I4O2. The van der Waals surface area contributed by atoms with Gasteiger partial charge in [0.2, 0.25) is 0 Å². The zero-order chi connectivity index (χ0) is 20.0. The summed E-state index contributed by atoms with van der Waals surface area (Å²) in [5.74, 6) is 1.91. The van der Waals surface area contributed by atoms with Gasteiger partial charge < -0.3 is 9.47 Å². The minimum absolute atomic E-state index is 0.392. The van der Waals surface area contributed by atoms with E-state index in [4.69, 9.17) is 9.47 Å². The van der Waals surface area contributed by atoms with E-state index in [9.17, 15) is 0 Å². The smallest absolute Gasteiger partial charge is 0.128 e. The molecule has 0 heterocycles. The monoisotopic (exact) mass is 820 g/mol. The largest absolute Gasteiger partial charge is 0.500 e. The van der Waals surface area contributed by atoms with E-state index in [2.05, 4.69) is 133 Å². The number of methoxy groups -OCH3 is 2. The highest BCUT2D eigenvalue weighted by Gasteiger charge is 2.30. The number of allylic oxidation sites excluding steroid dienone is 1. The first kappa shape index (κ1) is 21.4. The van der Waals surface area contributed by atoms with Crippen molar-refractivity contribution in [3.8, 4) is 5.75 Å². The number of rotatable bonds is 3. The van der Waals surface area contributed by atoms with Crippen LogP contribution in [0, 0.1) is 10.7 Å². The Hall–Kier alpha value is 0.180. The molecule has 3 aromatic rings. The van der Waals surface area contributed by atoms with Crippen LogP contribution in [0.5, 0.6) is 5.75 Å². The van der Waals surface area contributed by atoms with E-state index in [1.54, 1.807) is 14.2 Å². The Morgan fingerprint density at radius 3 is 2.29 bits per heavy atom. The molecule has 1 aliphatic rings. The van der Waals surface area contributed by atoms with E-state index in [0.29, 0.717) is 3.92 Å². The summed E-state index contributed by atoms with van der Waals surface area (Å²) in [5, 5.41) is 2.44. The van der Waals surface area contributed by atoms with Crippen LogP contribution in [0.1, 0.15) is 27.0 Å². The number of hydrogen-bond donors (Lipinski definition) is 0. The Bertz CT molecular complexity index is 1120. The van der Waals surface area contributed by atoms with E-state index >= 15 is 0 Å². The van der Waals surface area contributed by atoms with Crippen molar-refractivity contribution >= 4 is 107 Å². The van der Waals surface area contributed by atoms with Gasteiger partial charge in [0.1, 0.15) is 11.5 Å². The molecule has 144 valence electrons. The molecule has 0 bridgehead atoms. The SMILES string of the molecule is COC1=C(c2c(OC)cc(I)c3cc(I)ccc23)c2ccc(I)cc2[C@H](I)C1. The predicted molar refractivity (Wildman–Crippen MR) is 150 cm³/mol. The molecule has 6 heteroatoms. The summed E-state index contributed by atoms with van der Waals surface area (Å²) in [6.07, 6.45) is 0.875. The highest BCUT2D eigenvalue weighted by Crippen LogP contribution is 2.49. The molecule has 3 aromatic carbocycles. The summed E-state index contributed by atoms with van der Waals surface area (Å²) in [7, 11) is 3.53. The van der Waals surface area contributed by atoms with Gasteiger partial charge in [-0.05, 0) is 120 Å². The van der Waals surface area contributed by atoms with Gasteiger partial charge in [0, 0.05) is 32.2 Å². The van der Waals surface area contributed by atoms with Crippen molar-refractivity contribution < 1.29 is 9.47 Å². The second kappa shape index (κ2) is 8.74. The maximum Gasteiger partial charge on any atom is 0.128 e. The minimum atomic E-state index is 0.392. The molecule has 2 nitrogen and oxygen atoms in total. The number of ether oxygens (including phenoxy) is 2. The number of hydrogen-bond acceptors (Lipinski definition) is 2. The van der Waals surface area contributed by atoms with E-state index in [0.717, 1.165) is 29.1 Å². The van der Waals surface area contributed by atoms with Crippen molar-refractivity contribution in [2.45, 2.75) is 10.3 Å². The van der Waals surface area contributed by atoms with Crippen LogP contribution in [0.15, 0.2) is 48.2 Å². The third-order valence-electron chi connectivity index (χ3n) is 4.99. The molecule has 0 unspecified atom stereocenters. The summed E-state index contributed by atoms with van der Waals surface area (Å²) >= 11 is 9.69. The van der Waals surface area contributed by atoms with Crippen LogP contribution < -0.4 is 4.74 Å². The molecule has 1 aliphatic carbocycles. The fourth-order valence-electron chi connectivity index (χ4n) is 3.75. The molecule has 0 N–H and O–H groups in total. The highest BCUT2D eigenvalue weighted by molar-refractivity contribution is 14.1. The lowest BCUT2D eigenvalue weighted by Crippen LogP contribution is -2.11. The normalized spacial score (nSPS) is 16.3. The van der Waals surface area contributed by atoms with Crippen LogP contribution in [0.25, 0.3) is 16.3 Å². The lowest BCUT2D eigenvalue weighted by Gasteiger charge is -2.28.